The third kappa shape index (κ3) is 4.53. The molecule has 116 valence electrons. The fourth-order valence-electron chi connectivity index (χ4n) is 3.16. The minimum Gasteiger partial charge on any atom is -0.423 e. The number of hydrogen-bond donors (Lipinski definition) is 2. The Labute approximate surface area is 126 Å². The lowest BCUT2D eigenvalue weighted by molar-refractivity contribution is 0.123. The molecule has 1 aliphatic carbocycles. The molecule has 21 heavy (non-hydrogen) atoms. The average molecular weight is 293 g/mol. The van der Waals surface area contributed by atoms with Crippen molar-refractivity contribution in [3.8, 4) is 0 Å². The van der Waals surface area contributed by atoms with Crippen LogP contribution in [0.25, 0.3) is 0 Å². The second-order valence-corrected chi connectivity index (χ2v) is 7.08. The molecule has 0 heterocycles. The summed E-state index contributed by atoms with van der Waals surface area (Å²) < 4.78 is 13.5. The molecule has 1 saturated carbocycles. The molecule has 0 radical (unpaired) electrons. The number of benzene rings is 1. The van der Waals surface area contributed by atoms with Crippen LogP contribution in [0.1, 0.15) is 45.1 Å². The van der Waals surface area contributed by atoms with E-state index in [0.717, 1.165) is 24.5 Å². The summed E-state index contributed by atoms with van der Waals surface area (Å²) in [6, 6.07) is 4.81. The first-order valence-electron chi connectivity index (χ1n) is 7.62. The van der Waals surface area contributed by atoms with Crippen LogP contribution in [0.2, 0.25) is 0 Å². The summed E-state index contributed by atoms with van der Waals surface area (Å²) in [5.41, 5.74) is 1.43. The van der Waals surface area contributed by atoms with Crippen molar-refractivity contribution in [3.63, 3.8) is 0 Å². The van der Waals surface area contributed by atoms with Crippen molar-refractivity contribution in [1.82, 2.24) is 4.90 Å². The molecule has 2 rings (SSSR count). The summed E-state index contributed by atoms with van der Waals surface area (Å²) in [5, 5.41) is 18.4. The second kappa shape index (κ2) is 6.47. The molecular formula is C16H25BFNO2. The van der Waals surface area contributed by atoms with E-state index in [4.69, 9.17) is 0 Å². The topological polar surface area (TPSA) is 43.7 Å². The van der Waals surface area contributed by atoms with Gasteiger partial charge in [0.05, 0.1) is 0 Å². The molecule has 1 fully saturated rings. The Morgan fingerprint density at radius 3 is 2.43 bits per heavy atom. The fourth-order valence-corrected chi connectivity index (χ4v) is 3.16. The molecule has 0 spiro atoms. The Morgan fingerprint density at radius 1 is 1.24 bits per heavy atom. The predicted molar refractivity (Wildman–Crippen MR) is 83.7 cm³/mol. The highest BCUT2D eigenvalue weighted by molar-refractivity contribution is 6.58. The first kappa shape index (κ1) is 16.5. The van der Waals surface area contributed by atoms with Crippen LogP contribution >= 0.6 is 0 Å². The summed E-state index contributed by atoms with van der Waals surface area (Å²) in [6.45, 7) is 5.25. The lowest BCUT2D eigenvalue weighted by Gasteiger charge is -2.38. The molecule has 0 amide bonds. The van der Waals surface area contributed by atoms with Crippen LogP contribution in [0.5, 0.6) is 0 Å². The molecule has 1 aliphatic rings. The van der Waals surface area contributed by atoms with Crippen molar-refractivity contribution in [3.05, 3.63) is 29.6 Å². The van der Waals surface area contributed by atoms with Crippen molar-refractivity contribution >= 4 is 12.6 Å². The Bertz CT molecular complexity index is 483. The smallest absolute Gasteiger partial charge is 0.423 e. The molecule has 1 aromatic rings. The van der Waals surface area contributed by atoms with E-state index < -0.39 is 12.9 Å². The minimum absolute atomic E-state index is 0.211. The van der Waals surface area contributed by atoms with Crippen LogP contribution in [0.4, 0.5) is 4.39 Å². The SMILES string of the molecule is CN(Cc1cc(F)cc(B(O)O)c1)C1CCC(C)(C)CC1. The minimum atomic E-state index is -1.62. The van der Waals surface area contributed by atoms with Gasteiger partial charge in [0.15, 0.2) is 0 Å². The molecule has 5 heteroatoms. The highest BCUT2D eigenvalue weighted by Crippen LogP contribution is 2.36. The van der Waals surface area contributed by atoms with E-state index in [-0.39, 0.29) is 5.46 Å². The maximum atomic E-state index is 13.5. The van der Waals surface area contributed by atoms with Gasteiger partial charge in [-0.1, -0.05) is 19.9 Å². The number of nitrogens with zero attached hydrogens (tertiary/aromatic N) is 1. The van der Waals surface area contributed by atoms with E-state index in [1.807, 2.05) is 0 Å². The maximum Gasteiger partial charge on any atom is 0.488 e. The Hall–Kier alpha value is -0.905. The second-order valence-electron chi connectivity index (χ2n) is 7.08. The zero-order chi connectivity index (χ0) is 15.6. The van der Waals surface area contributed by atoms with Crippen molar-refractivity contribution in [2.45, 2.75) is 52.1 Å². The quantitative estimate of drug-likeness (QED) is 0.833. The normalized spacial score (nSPS) is 19.0. The summed E-state index contributed by atoms with van der Waals surface area (Å²) >= 11 is 0. The van der Waals surface area contributed by atoms with Gasteiger partial charge in [0.1, 0.15) is 5.82 Å². The Kier molecular flexibility index (Phi) is 5.07. The van der Waals surface area contributed by atoms with Crippen LogP contribution in [-0.4, -0.2) is 35.2 Å². The van der Waals surface area contributed by atoms with Gasteiger partial charge in [-0.05, 0) is 61.3 Å². The molecule has 0 unspecified atom stereocenters. The highest BCUT2D eigenvalue weighted by atomic mass is 19.1. The zero-order valence-electron chi connectivity index (χ0n) is 13.1. The fraction of sp³-hybridized carbons (Fsp3) is 0.625. The van der Waals surface area contributed by atoms with E-state index in [0.29, 0.717) is 18.0 Å². The maximum absolute atomic E-state index is 13.5. The average Bonchev–Trinajstić information content (AvgIpc) is 2.37. The molecule has 0 atom stereocenters. The first-order chi connectivity index (χ1) is 9.77. The molecule has 0 saturated heterocycles. The zero-order valence-corrected chi connectivity index (χ0v) is 13.1. The van der Waals surface area contributed by atoms with Gasteiger partial charge >= 0.3 is 7.12 Å². The van der Waals surface area contributed by atoms with Gasteiger partial charge < -0.3 is 10.0 Å². The molecule has 2 N–H and O–H groups in total. The summed E-state index contributed by atoms with van der Waals surface area (Å²) in [5.74, 6) is -0.422. The lowest BCUT2D eigenvalue weighted by atomic mass is 9.75. The van der Waals surface area contributed by atoms with Crippen molar-refractivity contribution in [2.75, 3.05) is 7.05 Å². The third-order valence-electron chi connectivity index (χ3n) is 4.64. The van der Waals surface area contributed by atoms with Gasteiger partial charge in [0.2, 0.25) is 0 Å². The van der Waals surface area contributed by atoms with Gasteiger partial charge in [-0.25, -0.2) is 4.39 Å². The van der Waals surface area contributed by atoms with Crippen molar-refractivity contribution < 1.29 is 14.4 Å². The number of halogens is 1. The van der Waals surface area contributed by atoms with Gasteiger partial charge in [0.25, 0.3) is 0 Å². The number of rotatable bonds is 4. The Balaban J connectivity index is 2.01. The van der Waals surface area contributed by atoms with Crippen LogP contribution in [0.15, 0.2) is 18.2 Å². The summed E-state index contributed by atoms with van der Waals surface area (Å²) in [6.07, 6.45) is 4.75. The monoisotopic (exact) mass is 293 g/mol. The van der Waals surface area contributed by atoms with Gasteiger partial charge in [-0.3, -0.25) is 4.90 Å². The molecule has 0 aliphatic heterocycles. The largest absolute Gasteiger partial charge is 0.488 e. The number of hydrogen-bond acceptors (Lipinski definition) is 3. The van der Waals surface area contributed by atoms with E-state index in [1.165, 1.54) is 18.9 Å². The van der Waals surface area contributed by atoms with Crippen LogP contribution in [-0.2, 0) is 6.54 Å². The van der Waals surface area contributed by atoms with E-state index >= 15 is 0 Å². The Morgan fingerprint density at radius 2 is 1.86 bits per heavy atom. The summed E-state index contributed by atoms with van der Waals surface area (Å²) in [4.78, 5) is 2.25. The van der Waals surface area contributed by atoms with E-state index in [1.54, 1.807) is 6.07 Å². The predicted octanol–water partition coefficient (Wildman–Crippen LogP) is 1.91. The van der Waals surface area contributed by atoms with Gasteiger partial charge in [0, 0.05) is 12.6 Å². The van der Waals surface area contributed by atoms with E-state index in [2.05, 4.69) is 25.8 Å². The van der Waals surface area contributed by atoms with Crippen molar-refractivity contribution in [2.24, 2.45) is 5.41 Å². The molecule has 3 nitrogen and oxygen atoms in total. The molecule has 0 aromatic heterocycles. The third-order valence-corrected chi connectivity index (χ3v) is 4.64. The van der Waals surface area contributed by atoms with Gasteiger partial charge in [-0.15, -0.1) is 0 Å². The first-order valence-corrected chi connectivity index (χ1v) is 7.62. The van der Waals surface area contributed by atoms with E-state index in [9.17, 15) is 14.4 Å². The molecule has 0 bridgehead atoms. The van der Waals surface area contributed by atoms with Gasteiger partial charge in [-0.2, -0.15) is 0 Å². The van der Waals surface area contributed by atoms with Crippen LogP contribution in [0, 0.1) is 11.2 Å². The molecular weight excluding hydrogens is 268 g/mol. The van der Waals surface area contributed by atoms with Crippen molar-refractivity contribution in [1.29, 1.82) is 0 Å². The van der Waals surface area contributed by atoms with Crippen LogP contribution < -0.4 is 5.46 Å². The van der Waals surface area contributed by atoms with Crippen LogP contribution in [0.3, 0.4) is 0 Å². The summed E-state index contributed by atoms with van der Waals surface area (Å²) in [7, 11) is 0.434. The molecule has 1 aromatic carbocycles. The standard InChI is InChI=1S/C16H25BFNO2/c1-16(2)6-4-15(5-7-16)19(3)11-12-8-13(17(20)21)10-14(18)9-12/h8-10,15,20-21H,4-7,11H2,1-3H3. The highest BCUT2D eigenvalue weighted by Gasteiger charge is 2.28. The lowest BCUT2D eigenvalue weighted by Crippen LogP contribution is -2.37.